The molecule has 0 aliphatic rings. The maximum Gasteiger partial charge on any atom is 0.326 e. The van der Waals surface area contributed by atoms with Gasteiger partial charge in [-0.2, -0.15) is 16.4 Å². The summed E-state index contributed by atoms with van der Waals surface area (Å²) in [6.45, 7) is 3.72. The van der Waals surface area contributed by atoms with Gasteiger partial charge in [-0.05, 0) is 36.5 Å². The third-order valence-electron chi connectivity index (χ3n) is 4.53. The Bertz CT molecular complexity index is 870. The zero-order valence-corrected chi connectivity index (χ0v) is 16.4. The Morgan fingerprint density at radius 1 is 1.33 bits per heavy atom. The van der Waals surface area contributed by atoms with Gasteiger partial charge >= 0.3 is 5.97 Å². The van der Waals surface area contributed by atoms with Crippen molar-refractivity contribution in [3.63, 3.8) is 0 Å². The molecule has 0 fully saturated rings. The third kappa shape index (κ3) is 4.85. The molecule has 2 rings (SSSR count). The van der Waals surface area contributed by atoms with Crippen molar-refractivity contribution in [2.24, 2.45) is 5.92 Å². The summed E-state index contributed by atoms with van der Waals surface area (Å²) in [4.78, 5) is 37.2. The van der Waals surface area contributed by atoms with Crippen molar-refractivity contribution < 1.29 is 14.7 Å². The van der Waals surface area contributed by atoms with Crippen LogP contribution < -0.4 is 10.9 Å². The van der Waals surface area contributed by atoms with E-state index in [0.717, 1.165) is 4.68 Å². The second-order valence-electron chi connectivity index (χ2n) is 6.37. The third-order valence-corrected chi connectivity index (χ3v) is 5.18. The first-order valence-electron chi connectivity index (χ1n) is 8.77. The number of thioether (sulfide) groups is 1. The average Bonchev–Trinajstić information content (AvgIpc) is 2.66. The monoisotopic (exact) mass is 392 g/mol. The minimum absolute atomic E-state index is 0.229. The van der Waals surface area contributed by atoms with Crippen molar-refractivity contribution in [2.75, 3.05) is 12.0 Å². The molecule has 146 valence electrons. The first-order valence-corrected chi connectivity index (χ1v) is 10.2. The van der Waals surface area contributed by atoms with Crippen molar-refractivity contribution in [2.45, 2.75) is 38.8 Å². The van der Waals surface area contributed by atoms with Crippen LogP contribution in [-0.4, -0.2) is 50.0 Å². The predicted octanol–water partition coefficient (Wildman–Crippen LogP) is 1.70. The molecule has 1 heterocycles. The van der Waals surface area contributed by atoms with Gasteiger partial charge in [0, 0.05) is 0 Å². The molecule has 0 spiro atoms. The summed E-state index contributed by atoms with van der Waals surface area (Å²) < 4.78 is 1.07. The molecule has 27 heavy (non-hydrogen) atoms. The van der Waals surface area contributed by atoms with Crippen LogP contribution in [0.5, 0.6) is 0 Å². The lowest BCUT2D eigenvalue weighted by atomic mass is 9.98. The molecular formula is C18H24N4O4S. The van der Waals surface area contributed by atoms with Gasteiger partial charge in [-0.1, -0.05) is 37.6 Å². The van der Waals surface area contributed by atoms with E-state index in [-0.39, 0.29) is 5.92 Å². The number of carboxylic acid groups (broad SMARTS) is 1. The molecule has 2 aromatic rings. The van der Waals surface area contributed by atoms with Crippen molar-refractivity contribution in [1.82, 2.24) is 20.3 Å². The molecular weight excluding hydrogens is 368 g/mol. The van der Waals surface area contributed by atoms with E-state index in [9.17, 15) is 19.5 Å². The maximum absolute atomic E-state index is 12.9. The molecule has 1 amide bonds. The number of aromatic nitrogens is 3. The maximum atomic E-state index is 12.9. The number of carboxylic acids is 1. The number of amides is 1. The number of nitrogens with zero attached hydrogens (tertiary/aromatic N) is 3. The van der Waals surface area contributed by atoms with E-state index < -0.39 is 29.5 Å². The standard InChI is InChI=1S/C18H24N4O4S/c1-4-11(2)15(16(23)19-14(18(25)26)9-10-27-3)22-17(24)12-7-5-6-8-13(12)20-21-22/h5-8,11,14-15H,4,9-10H2,1-3H3,(H,19,23)(H,25,26). The minimum atomic E-state index is -1.10. The van der Waals surface area contributed by atoms with Crippen LogP contribution in [0.15, 0.2) is 29.1 Å². The lowest BCUT2D eigenvalue weighted by Gasteiger charge is -2.25. The fourth-order valence-corrected chi connectivity index (χ4v) is 3.24. The van der Waals surface area contributed by atoms with E-state index in [1.807, 2.05) is 20.1 Å². The Morgan fingerprint density at radius 2 is 2.04 bits per heavy atom. The van der Waals surface area contributed by atoms with Crippen LogP contribution in [0.2, 0.25) is 0 Å². The SMILES string of the molecule is CCC(C)C(C(=O)NC(CCSC)C(=O)O)n1nnc2ccccc2c1=O. The Hall–Kier alpha value is -2.42. The fraction of sp³-hybridized carbons (Fsp3) is 0.500. The first kappa shape index (κ1) is 20.9. The van der Waals surface area contributed by atoms with Crippen molar-refractivity contribution in [1.29, 1.82) is 0 Å². The molecule has 0 saturated carbocycles. The molecule has 8 nitrogen and oxygen atoms in total. The molecule has 3 unspecified atom stereocenters. The zero-order valence-electron chi connectivity index (χ0n) is 15.6. The second-order valence-corrected chi connectivity index (χ2v) is 7.35. The molecule has 0 radical (unpaired) electrons. The molecule has 0 saturated heterocycles. The number of carbonyl (C=O) groups excluding carboxylic acids is 1. The number of hydrogen-bond donors (Lipinski definition) is 2. The Balaban J connectivity index is 2.40. The lowest BCUT2D eigenvalue weighted by Crippen LogP contribution is -2.48. The van der Waals surface area contributed by atoms with Gasteiger partial charge in [0.2, 0.25) is 5.91 Å². The highest BCUT2D eigenvalue weighted by atomic mass is 32.2. The van der Waals surface area contributed by atoms with Crippen LogP contribution in [0.1, 0.15) is 32.7 Å². The van der Waals surface area contributed by atoms with Gasteiger partial charge in [0.1, 0.15) is 17.6 Å². The summed E-state index contributed by atoms with van der Waals surface area (Å²) >= 11 is 1.50. The van der Waals surface area contributed by atoms with Gasteiger partial charge in [0.15, 0.2) is 0 Å². The normalized spacial score (nSPS) is 14.5. The van der Waals surface area contributed by atoms with E-state index in [2.05, 4.69) is 15.6 Å². The van der Waals surface area contributed by atoms with Crippen LogP contribution in [-0.2, 0) is 9.59 Å². The van der Waals surface area contributed by atoms with Crippen LogP contribution in [0.25, 0.3) is 10.9 Å². The van der Waals surface area contributed by atoms with Crippen molar-refractivity contribution in [3.8, 4) is 0 Å². The number of rotatable bonds is 9. The highest BCUT2D eigenvalue weighted by Gasteiger charge is 2.31. The van der Waals surface area contributed by atoms with E-state index in [1.165, 1.54) is 11.8 Å². The van der Waals surface area contributed by atoms with Gasteiger partial charge < -0.3 is 10.4 Å². The Kier molecular flexibility index (Phi) is 7.35. The molecule has 1 aromatic carbocycles. The van der Waals surface area contributed by atoms with Crippen LogP contribution >= 0.6 is 11.8 Å². The highest BCUT2D eigenvalue weighted by Crippen LogP contribution is 2.20. The Labute approximate surface area is 161 Å². The predicted molar refractivity (Wildman–Crippen MR) is 105 cm³/mol. The van der Waals surface area contributed by atoms with E-state index in [1.54, 1.807) is 24.3 Å². The van der Waals surface area contributed by atoms with Gasteiger partial charge in [0.25, 0.3) is 5.56 Å². The number of carbonyl (C=O) groups is 2. The van der Waals surface area contributed by atoms with E-state index in [4.69, 9.17) is 0 Å². The van der Waals surface area contributed by atoms with E-state index >= 15 is 0 Å². The van der Waals surface area contributed by atoms with Gasteiger partial charge in [-0.25, -0.2) is 4.79 Å². The molecule has 1 aromatic heterocycles. The van der Waals surface area contributed by atoms with Crippen LogP contribution in [0.3, 0.4) is 0 Å². The fourth-order valence-electron chi connectivity index (χ4n) is 2.77. The molecule has 0 aliphatic heterocycles. The van der Waals surface area contributed by atoms with Gasteiger partial charge in [-0.3, -0.25) is 9.59 Å². The molecule has 2 N–H and O–H groups in total. The summed E-state index contributed by atoms with van der Waals surface area (Å²) in [5.41, 5.74) is 0.0301. The first-order chi connectivity index (χ1) is 12.9. The smallest absolute Gasteiger partial charge is 0.326 e. The van der Waals surface area contributed by atoms with Gasteiger partial charge in [-0.15, -0.1) is 5.10 Å². The lowest BCUT2D eigenvalue weighted by molar-refractivity contribution is -0.142. The number of fused-ring (bicyclic) bond motifs is 1. The van der Waals surface area contributed by atoms with Crippen LogP contribution in [0, 0.1) is 5.92 Å². The van der Waals surface area contributed by atoms with Gasteiger partial charge in [0.05, 0.1) is 5.39 Å². The zero-order chi connectivity index (χ0) is 20.0. The molecule has 9 heteroatoms. The number of nitrogens with one attached hydrogen (secondary N) is 1. The summed E-state index contributed by atoms with van der Waals surface area (Å²) in [5.74, 6) is -1.27. The van der Waals surface area contributed by atoms with Crippen LogP contribution in [0.4, 0.5) is 0 Å². The van der Waals surface area contributed by atoms with Crippen molar-refractivity contribution >= 4 is 34.5 Å². The summed E-state index contributed by atoms with van der Waals surface area (Å²) in [5, 5.41) is 20.3. The number of benzene rings is 1. The van der Waals surface area contributed by atoms with Crippen molar-refractivity contribution in [3.05, 3.63) is 34.6 Å². The molecule has 0 aliphatic carbocycles. The number of aliphatic carboxylic acids is 1. The largest absolute Gasteiger partial charge is 0.480 e. The summed E-state index contributed by atoms with van der Waals surface area (Å²) in [7, 11) is 0. The second kappa shape index (κ2) is 9.50. The topological polar surface area (TPSA) is 114 Å². The highest BCUT2D eigenvalue weighted by molar-refractivity contribution is 7.98. The quantitative estimate of drug-likeness (QED) is 0.667. The summed E-state index contributed by atoms with van der Waals surface area (Å²) in [6.07, 6.45) is 2.78. The number of hydrogen-bond acceptors (Lipinski definition) is 6. The minimum Gasteiger partial charge on any atom is -0.480 e. The van der Waals surface area contributed by atoms with E-state index in [0.29, 0.717) is 29.5 Å². The summed E-state index contributed by atoms with van der Waals surface area (Å²) in [6, 6.07) is 4.83. The molecule has 3 atom stereocenters. The average molecular weight is 392 g/mol. The molecule has 0 bridgehead atoms. The Morgan fingerprint density at radius 3 is 2.67 bits per heavy atom.